The number of ether oxygens (including phenoxy) is 1. The van der Waals surface area contributed by atoms with Gasteiger partial charge < -0.3 is 10.1 Å². The highest BCUT2D eigenvalue weighted by atomic mass is 35.5. The Morgan fingerprint density at radius 2 is 1.93 bits per heavy atom. The topological polar surface area (TPSA) is 55.6 Å². The molecule has 40 heavy (non-hydrogen) atoms. The molecule has 2 aromatic heterocycles. The molecule has 208 valence electrons. The summed E-state index contributed by atoms with van der Waals surface area (Å²) in [6.45, 7) is 2.06. The van der Waals surface area contributed by atoms with Crippen LogP contribution in [0.5, 0.6) is 5.75 Å². The first-order valence-corrected chi connectivity index (χ1v) is 13.3. The highest BCUT2D eigenvalue weighted by molar-refractivity contribution is 6.30. The van der Waals surface area contributed by atoms with Crippen molar-refractivity contribution in [3.63, 3.8) is 0 Å². The van der Waals surface area contributed by atoms with E-state index in [1.54, 1.807) is 47.0 Å². The summed E-state index contributed by atoms with van der Waals surface area (Å²) < 4.78 is 57.9. The third-order valence-corrected chi connectivity index (χ3v) is 7.26. The van der Waals surface area contributed by atoms with Crippen molar-refractivity contribution in [2.24, 2.45) is 0 Å². The van der Waals surface area contributed by atoms with Gasteiger partial charge in [-0.3, -0.25) is 9.20 Å². The van der Waals surface area contributed by atoms with Gasteiger partial charge in [0.05, 0.1) is 10.7 Å². The maximum atomic E-state index is 15.1. The van der Waals surface area contributed by atoms with Crippen molar-refractivity contribution in [2.75, 3.05) is 0 Å². The van der Waals surface area contributed by atoms with Crippen LogP contribution in [0.2, 0.25) is 5.02 Å². The van der Waals surface area contributed by atoms with Gasteiger partial charge >= 0.3 is 6.36 Å². The van der Waals surface area contributed by atoms with E-state index in [2.05, 4.69) is 15.0 Å². The number of amides is 1. The summed E-state index contributed by atoms with van der Waals surface area (Å²) in [5.74, 6) is -0.824. The van der Waals surface area contributed by atoms with Gasteiger partial charge in [-0.2, -0.15) is 0 Å². The van der Waals surface area contributed by atoms with Crippen LogP contribution in [0.3, 0.4) is 0 Å². The fourth-order valence-corrected chi connectivity index (χ4v) is 5.23. The number of pyridine rings is 1. The second-order valence-electron chi connectivity index (χ2n) is 9.65. The molecule has 1 atom stereocenters. The van der Waals surface area contributed by atoms with Crippen LogP contribution in [-0.4, -0.2) is 21.7 Å². The van der Waals surface area contributed by atoms with Crippen molar-refractivity contribution >= 4 is 28.7 Å². The lowest BCUT2D eigenvalue weighted by atomic mass is 9.82. The third-order valence-electron chi connectivity index (χ3n) is 7.03. The Balaban J connectivity index is 1.23. The minimum atomic E-state index is -4.72. The van der Waals surface area contributed by atoms with Crippen molar-refractivity contribution < 1.29 is 27.1 Å². The molecule has 1 amide bonds. The van der Waals surface area contributed by atoms with Crippen LogP contribution in [0.4, 0.5) is 17.6 Å². The average Bonchev–Trinajstić information content (AvgIpc) is 3.29. The molecular weight excluding hydrogens is 546 g/mol. The van der Waals surface area contributed by atoms with E-state index in [0.29, 0.717) is 52.4 Å². The van der Waals surface area contributed by atoms with Gasteiger partial charge in [0, 0.05) is 18.3 Å². The van der Waals surface area contributed by atoms with E-state index in [1.165, 1.54) is 18.2 Å². The maximum absolute atomic E-state index is 15.1. The molecule has 0 fully saturated rings. The highest BCUT2D eigenvalue weighted by Crippen LogP contribution is 2.37. The standard InChI is InChI=1S/C30H26ClF4N3O2/c1-2-26-28(38-17-22(31)10-14-27(38)37-26)29(39)36-16-18-3-13-24(25(32)15-18)21-6-4-19(5-7-21)20-8-11-23(12-9-20)40-30(33,34)35/h3,6,8-15,17,19H,2,4-5,7,16H2,1H3,(H,36,39). The molecule has 0 saturated carbocycles. The quantitative estimate of drug-likeness (QED) is 0.230. The second-order valence-corrected chi connectivity index (χ2v) is 10.1. The molecule has 10 heteroatoms. The fraction of sp³-hybridized carbons (Fsp3) is 0.267. The number of hydrogen-bond donors (Lipinski definition) is 1. The van der Waals surface area contributed by atoms with E-state index in [9.17, 15) is 18.0 Å². The summed E-state index contributed by atoms with van der Waals surface area (Å²) in [6.07, 6.45) is 1.50. The lowest BCUT2D eigenvalue weighted by molar-refractivity contribution is -0.274. The number of aromatic nitrogens is 2. The summed E-state index contributed by atoms with van der Waals surface area (Å²) in [6, 6.07) is 14.3. The number of carbonyl (C=O) groups is 1. The zero-order valence-electron chi connectivity index (χ0n) is 21.6. The first-order chi connectivity index (χ1) is 19.1. The lowest BCUT2D eigenvalue weighted by Crippen LogP contribution is -2.25. The SMILES string of the molecule is CCc1nc2ccc(Cl)cn2c1C(=O)NCc1ccc(C2=CCC(c3ccc(OC(F)(F)F)cc3)CC2)c(F)c1. The smallest absolute Gasteiger partial charge is 0.406 e. The zero-order chi connectivity index (χ0) is 28.4. The molecule has 0 aliphatic heterocycles. The minimum Gasteiger partial charge on any atom is -0.406 e. The van der Waals surface area contributed by atoms with Crippen LogP contribution in [0.25, 0.3) is 11.2 Å². The predicted octanol–water partition coefficient (Wildman–Crippen LogP) is 7.87. The second kappa shape index (κ2) is 11.3. The highest BCUT2D eigenvalue weighted by Gasteiger charge is 2.31. The largest absolute Gasteiger partial charge is 0.573 e. The normalized spacial score (nSPS) is 15.7. The van der Waals surface area contributed by atoms with Gasteiger partial charge in [0.15, 0.2) is 0 Å². The van der Waals surface area contributed by atoms with E-state index in [1.807, 2.05) is 13.0 Å². The van der Waals surface area contributed by atoms with Gasteiger partial charge in [0.1, 0.15) is 22.9 Å². The summed E-state index contributed by atoms with van der Waals surface area (Å²) in [5.41, 5.74) is 4.60. The number of carbonyl (C=O) groups excluding carboxylic acids is 1. The Bertz CT molecular complexity index is 1580. The molecule has 5 rings (SSSR count). The fourth-order valence-electron chi connectivity index (χ4n) is 5.07. The molecule has 1 aliphatic rings. The van der Waals surface area contributed by atoms with Crippen molar-refractivity contribution in [1.29, 1.82) is 0 Å². The zero-order valence-corrected chi connectivity index (χ0v) is 22.3. The maximum Gasteiger partial charge on any atom is 0.573 e. The molecule has 1 aliphatic carbocycles. The van der Waals surface area contributed by atoms with Gasteiger partial charge in [-0.15, -0.1) is 13.2 Å². The van der Waals surface area contributed by atoms with Crippen molar-refractivity contribution in [3.8, 4) is 5.75 Å². The Morgan fingerprint density at radius 3 is 2.58 bits per heavy atom. The van der Waals surface area contributed by atoms with E-state index < -0.39 is 6.36 Å². The Morgan fingerprint density at radius 1 is 1.15 bits per heavy atom. The molecule has 2 aromatic carbocycles. The molecular formula is C30H26ClF4N3O2. The van der Waals surface area contributed by atoms with Crippen LogP contribution in [-0.2, 0) is 13.0 Å². The molecule has 1 N–H and O–H groups in total. The monoisotopic (exact) mass is 571 g/mol. The summed E-state index contributed by atoms with van der Waals surface area (Å²) in [4.78, 5) is 17.5. The molecule has 2 heterocycles. The van der Waals surface area contributed by atoms with E-state index in [0.717, 1.165) is 17.6 Å². The van der Waals surface area contributed by atoms with Crippen molar-refractivity contribution in [3.05, 3.63) is 106 Å². The Hall–Kier alpha value is -3.85. The number of alkyl halides is 3. The van der Waals surface area contributed by atoms with E-state index >= 15 is 4.39 Å². The number of hydrogen-bond acceptors (Lipinski definition) is 3. The number of nitrogens with one attached hydrogen (secondary N) is 1. The van der Waals surface area contributed by atoms with Crippen LogP contribution in [0.15, 0.2) is 66.9 Å². The minimum absolute atomic E-state index is 0.128. The summed E-state index contributed by atoms with van der Waals surface area (Å²) >= 11 is 6.12. The molecule has 0 radical (unpaired) electrons. The number of nitrogens with zero attached hydrogens (tertiary/aromatic N) is 2. The molecule has 5 nitrogen and oxygen atoms in total. The Labute approximate surface area is 233 Å². The lowest BCUT2D eigenvalue weighted by Gasteiger charge is -2.23. The third kappa shape index (κ3) is 6.14. The molecule has 1 unspecified atom stereocenters. The number of benzene rings is 2. The molecule has 0 spiro atoms. The van der Waals surface area contributed by atoms with Gasteiger partial charge in [-0.1, -0.05) is 48.9 Å². The van der Waals surface area contributed by atoms with Crippen molar-refractivity contribution in [1.82, 2.24) is 14.7 Å². The molecule has 4 aromatic rings. The Kier molecular flexibility index (Phi) is 7.85. The number of aryl methyl sites for hydroxylation is 1. The van der Waals surface area contributed by atoms with Gasteiger partial charge in [-0.25, -0.2) is 9.37 Å². The van der Waals surface area contributed by atoms with Gasteiger partial charge in [0.2, 0.25) is 0 Å². The van der Waals surface area contributed by atoms with Crippen molar-refractivity contribution in [2.45, 2.75) is 51.4 Å². The van der Waals surface area contributed by atoms with Crippen LogP contribution < -0.4 is 10.1 Å². The van der Waals surface area contributed by atoms with Gasteiger partial charge in [0.25, 0.3) is 5.91 Å². The van der Waals surface area contributed by atoms with Crippen LogP contribution >= 0.6 is 11.6 Å². The average molecular weight is 572 g/mol. The first-order valence-electron chi connectivity index (χ1n) is 12.9. The van der Waals surface area contributed by atoms with Crippen LogP contribution in [0, 0.1) is 5.82 Å². The summed E-state index contributed by atoms with van der Waals surface area (Å²) in [5, 5.41) is 3.34. The van der Waals surface area contributed by atoms with E-state index in [-0.39, 0.29) is 29.9 Å². The number of halogens is 5. The van der Waals surface area contributed by atoms with Gasteiger partial charge in [-0.05, 0) is 78.6 Å². The summed E-state index contributed by atoms with van der Waals surface area (Å²) in [7, 11) is 0. The number of imidazole rings is 1. The molecule has 0 saturated heterocycles. The number of rotatable bonds is 7. The predicted molar refractivity (Wildman–Crippen MR) is 145 cm³/mol. The van der Waals surface area contributed by atoms with E-state index in [4.69, 9.17) is 11.6 Å². The van der Waals surface area contributed by atoms with Crippen LogP contribution in [0.1, 0.15) is 65.0 Å². The first kappa shape index (κ1) is 27.7. The molecule has 0 bridgehead atoms. The number of fused-ring (bicyclic) bond motifs is 1. The number of allylic oxidation sites excluding steroid dienone is 2.